The molecule has 1 aliphatic carbocycles. The minimum atomic E-state index is -4.70. The summed E-state index contributed by atoms with van der Waals surface area (Å²) in [5.41, 5.74) is -0.479. The van der Waals surface area contributed by atoms with Crippen LogP contribution in [0.2, 0.25) is 5.02 Å². The number of halogens is 4. The second-order valence-corrected chi connectivity index (χ2v) is 8.84. The van der Waals surface area contributed by atoms with Crippen molar-refractivity contribution in [3.8, 4) is 0 Å². The number of likely N-dealkylation sites (tertiary alicyclic amines) is 1. The van der Waals surface area contributed by atoms with Crippen LogP contribution >= 0.6 is 11.6 Å². The third-order valence-electron chi connectivity index (χ3n) is 6.30. The summed E-state index contributed by atoms with van der Waals surface area (Å²) in [5.74, 6) is -2.37. The van der Waals surface area contributed by atoms with Crippen LogP contribution in [-0.2, 0) is 27.0 Å². The molecule has 1 saturated heterocycles. The van der Waals surface area contributed by atoms with Gasteiger partial charge in [0.2, 0.25) is 17.7 Å². The molecule has 0 aromatic heterocycles. The van der Waals surface area contributed by atoms with E-state index in [1.807, 2.05) is 0 Å². The molecule has 0 radical (unpaired) electrons. The topological polar surface area (TPSA) is 66.5 Å². The number of hydrogen-bond donors (Lipinski definition) is 1. The zero-order valence-electron chi connectivity index (χ0n) is 17.6. The number of nitrogens with zero attached hydrogens (tertiary/aromatic N) is 1. The Morgan fingerprint density at radius 1 is 1.03 bits per heavy atom. The number of hydrogen-bond acceptors (Lipinski definition) is 3. The minimum absolute atomic E-state index is 0.0588. The van der Waals surface area contributed by atoms with Crippen molar-refractivity contribution in [2.45, 2.75) is 44.3 Å². The van der Waals surface area contributed by atoms with Crippen molar-refractivity contribution >= 4 is 35.0 Å². The van der Waals surface area contributed by atoms with Gasteiger partial charge < -0.3 is 5.32 Å². The molecule has 2 aliphatic rings. The molecule has 3 amide bonds. The van der Waals surface area contributed by atoms with E-state index in [1.165, 1.54) is 6.07 Å². The van der Waals surface area contributed by atoms with Gasteiger partial charge in [-0.1, -0.05) is 54.8 Å². The molecule has 0 spiro atoms. The average Bonchev–Trinajstić information content (AvgIpc) is 3.03. The minimum Gasteiger partial charge on any atom is -0.324 e. The van der Waals surface area contributed by atoms with Crippen LogP contribution in [0.5, 0.6) is 0 Å². The second kappa shape index (κ2) is 9.17. The summed E-state index contributed by atoms with van der Waals surface area (Å²) in [6.07, 6.45) is -1.76. The summed E-state index contributed by atoms with van der Waals surface area (Å²) in [6, 6.07) is 10.7. The molecule has 174 valence electrons. The summed E-state index contributed by atoms with van der Waals surface area (Å²) in [5, 5.41) is 1.97. The highest BCUT2D eigenvalue weighted by Gasteiger charge is 2.51. The zero-order valence-corrected chi connectivity index (χ0v) is 18.3. The Balaban J connectivity index is 1.65. The summed E-state index contributed by atoms with van der Waals surface area (Å²) in [6.45, 7) is 0. The van der Waals surface area contributed by atoms with Crippen LogP contribution in [0, 0.1) is 11.8 Å². The number of amides is 3. The molecule has 1 saturated carbocycles. The average molecular weight is 479 g/mol. The van der Waals surface area contributed by atoms with Gasteiger partial charge in [0.15, 0.2) is 0 Å². The van der Waals surface area contributed by atoms with Crippen LogP contribution in [0.3, 0.4) is 0 Å². The van der Waals surface area contributed by atoms with E-state index in [9.17, 15) is 27.6 Å². The zero-order chi connectivity index (χ0) is 23.8. The Morgan fingerprint density at radius 2 is 1.64 bits per heavy atom. The number of nitrogens with one attached hydrogen (secondary N) is 1. The lowest BCUT2D eigenvalue weighted by molar-refractivity contribution is -0.146. The van der Waals surface area contributed by atoms with Crippen LogP contribution in [-0.4, -0.2) is 28.7 Å². The fourth-order valence-corrected chi connectivity index (χ4v) is 4.90. The molecule has 4 rings (SSSR count). The maximum Gasteiger partial charge on any atom is 0.417 e. The Bertz CT molecular complexity index is 1050. The van der Waals surface area contributed by atoms with Crippen molar-refractivity contribution in [3.63, 3.8) is 0 Å². The number of imide groups is 1. The summed E-state index contributed by atoms with van der Waals surface area (Å²) in [7, 11) is 0. The molecule has 33 heavy (non-hydrogen) atoms. The number of rotatable bonds is 5. The fraction of sp³-hybridized carbons (Fsp3) is 0.375. The van der Waals surface area contributed by atoms with Crippen molar-refractivity contribution in [3.05, 3.63) is 64.7 Å². The molecule has 1 N–H and O–H groups in total. The van der Waals surface area contributed by atoms with Crippen LogP contribution in [0.25, 0.3) is 0 Å². The SMILES string of the molecule is O=C(Nc1ccc(Cl)c(C(F)(F)F)c1)[C@@H](Cc1ccccc1)N1C(=O)[C@H]2CCCC[C@@H]2C1=O. The van der Waals surface area contributed by atoms with Crippen molar-refractivity contribution in [2.24, 2.45) is 11.8 Å². The highest BCUT2D eigenvalue weighted by molar-refractivity contribution is 6.31. The number of carbonyl (C=O) groups is 3. The van der Waals surface area contributed by atoms with E-state index < -0.39 is 40.5 Å². The van der Waals surface area contributed by atoms with E-state index in [4.69, 9.17) is 11.6 Å². The molecule has 1 aliphatic heterocycles. The van der Waals surface area contributed by atoms with E-state index in [1.54, 1.807) is 30.3 Å². The number of anilines is 1. The summed E-state index contributed by atoms with van der Waals surface area (Å²) < 4.78 is 39.7. The van der Waals surface area contributed by atoms with Crippen LogP contribution in [0.1, 0.15) is 36.8 Å². The van der Waals surface area contributed by atoms with Crippen molar-refractivity contribution < 1.29 is 27.6 Å². The maximum absolute atomic E-state index is 13.3. The van der Waals surface area contributed by atoms with Gasteiger partial charge in [-0.05, 0) is 36.6 Å². The molecule has 3 atom stereocenters. The predicted molar refractivity (Wildman–Crippen MR) is 116 cm³/mol. The lowest BCUT2D eigenvalue weighted by Crippen LogP contribution is -2.49. The normalized spacial score (nSPS) is 21.6. The highest BCUT2D eigenvalue weighted by Crippen LogP contribution is 2.40. The maximum atomic E-state index is 13.3. The van der Waals surface area contributed by atoms with E-state index >= 15 is 0 Å². The third kappa shape index (κ3) is 4.76. The monoisotopic (exact) mass is 478 g/mol. The molecular weight excluding hydrogens is 457 g/mol. The molecule has 0 bridgehead atoms. The molecule has 9 heteroatoms. The molecular formula is C24H22ClF3N2O3. The molecule has 2 aromatic carbocycles. The highest BCUT2D eigenvalue weighted by atomic mass is 35.5. The predicted octanol–water partition coefficient (Wildman–Crippen LogP) is 5.08. The first-order chi connectivity index (χ1) is 15.7. The second-order valence-electron chi connectivity index (χ2n) is 8.43. The first kappa shape index (κ1) is 23.3. The Kier molecular flexibility index (Phi) is 6.47. The van der Waals surface area contributed by atoms with E-state index in [0.29, 0.717) is 12.8 Å². The van der Waals surface area contributed by atoms with Gasteiger partial charge in [-0.3, -0.25) is 19.3 Å². The lowest BCUT2D eigenvalue weighted by Gasteiger charge is -2.26. The number of fused-ring (bicyclic) bond motifs is 1. The van der Waals surface area contributed by atoms with Gasteiger partial charge in [-0.15, -0.1) is 0 Å². The van der Waals surface area contributed by atoms with E-state index in [2.05, 4.69) is 5.32 Å². The largest absolute Gasteiger partial charge is 0.417 e. The van der Waals surface area contributed by atoms with Crippen molar-refractivity contribution in [1.82, 2.24) is 4.90 Å². The number of carbonyl (C=O) groups excluding carboxylic acids is 3. The Hall–Kier alpha value is -2.87. The van der Waals surface area contributed by atoms with Crippen molar-refractivity contribution in [1.29, 1.82) is 0 Å². The molecule has 0 unspecified atom stereocenters. The standard InChI is InChI=1S/C24H22ClF3N2O3/c25-19-11-10-15(13-18(19)24(26,27)28)29-21(31)20(12-14-6-2-1-3-7-14)30-22(32)16-8-4-5-9-17(16)23(30)33/h1-3,6-7,10-11,13,16-17,20H,4-5,8-9,12H2,(H,29,31)/t16-,17-,20+/m0/s1. The molecule has 2 aromatic rings. The first-order valence-corrected chi connectivity index (χ1v) is 11.1. The van der Waals surface area contributed by atoms with Gasteiger partial charge in [-0.25, -0.2) is 0 Å². The van der Waals surface area contributed by atoms with E-state index in [-0.39, 0.29) is 23.9 Å². The summed E-state index contributed by atoms with van der Waals surface area (Å²) in [4.78, 5) is 40.6. The van der Waals surface area contributed by atoms with Crippen LogP contribution < -0.4 is 5.32 Å². The first-order valence-electron chi connectivity index (χ1n) is 10.8. The van der Waals surface area contributed by atoms with Gasteiger partial charge in [-0.2, -0.15) is 13.2 Å². The number of benzene rings is 2. The number of alkyl halides is 3. The van der Waals surface area contributed by atoms with Crippen LogP contribution in [0.15, 0.2) is 48.5 Å². The molecule has 5 nitrogen and oxygen atoms in total. The Labute approximate surface area is 193 Å². The van der Waals surface area contributed by atoms with Crippen LogP contribution in [0.4, 0.5) is 18.9 Å². The van der Waals surface area contributed by atoms with Gasteiger partial charge >= 0.3 is 6.18 Å². The molecule has 2 fully saturated rings. The smallest absolute Gasteiger partial charge is 0.324 e. The van der Waals surface area contributed by atoms with E-state index in [0.717, 1.165) is 35.4 Å². The van der Waals surface area contributed by atoms with Gasteiger partial charge in [0.05, 0.1) is 22.4 Å². The molecule has 1 heterocycles. The fourth-order valence-electron chi connectivity index (χ4n) is 4.68. The van der Waals surface area contributed by atoms with Gasteiger partial charge in [0.25, 0.3) is 0 Å². The third-order valence-corrected chi connectivity index (χ3v) is 6.63. The van der Waals surface area contributed by atoms with Crippen molar-refractivity contribution in [2.75, 3.05) is 5.32 Å². The van der Waals surface area contributed by atoms with Gasteiger partial charge in [0, 0.05) is 12.1 Å². The lowest BCUT2D eigenvalue weighted by atomic mass is 9.81. The van der Waals surface area contributed by atoms with Gasteiger partial charge in [0.1, 0.15) is 6.04 Å². The quantitative estimate of drug-likeness (QED) is 0.609. The Morgan fingerprint density at radius 3 is 2.21 bits per heavy atom. The summed E-state index contributed by atoms with van der Waals surface area (Å²) >= 11 is 5.67.